The fourth-order valence-corrected chi connectivity index (χ4v) is 1.48. The lowest BCUT2D eigenvalue weighted by Gasteiger charge is -2.12. The van der Waals surface area contributed by atoms with Gasteiger partial charge in [0.05, 0.1) is 11.7 Å². The minimum atomic E-state index is -0.243. The largest absolute Gasteiger partial charge is 0.344 e. The van der Waals surface area contributed by atoms with E-state index in [2.05, 4.69) is 25.7 Å². The Morgan fingerprint density at radius 2 is 2.29 bits per heavy atom. The molecule has 0 fully saturated rings. The van der Waals surface area contributed by atoms with Crippen molar-refractivity contribution in [2.24, 2.45) is 0 Å². The van der Waals surface area contributed by atoms with Crippen LogP contribution in [0.3, 0.4) is 0 Å². The molecule has 0 aliphatic heterocycles. The lowest BCUT2D eigenvalue weighted by atomic mass is 10.1. The summed E-state index contributed by atoms with van der Waals surface area (Å²) in [6.07, 6.45) is 3.42. The Morgan fingerprint density at radius 1 is 1.47 bits per heavy atom. The van der Waals surface area contributed by atoms with Gasteiger partial charge < -0.3 is 5.32 Å². The predicted octanol–water partition coefficient (Wildman–Crippen LogP) is 0.999. The van der Waals surface area contributed by atoms with E-state index in [9.17, 15) is 4.79 Å². The van der Waals surface area contributed by atoms with Crippen molar-refractivity contribution >= 4 is 5.91 Å². The molecule has 2 N–H and O–H groups in total. The maximum atomic E-state index is 11.9. The van der Waals surface area contributed by atoms with Gasteiger partial charge in [0.25, 0.3) is 5.91 Å². The van der Waals surface area contributed by atoms with E-state index in [1.165, 1.54) is 0 Å². The number of hydrogen-bond acceptors (Lipinski definition) is 4. The topological polar surface area (TPSA) is 83.6 Å². The third kappa shape index (κ3) is 2.47. The minimum Gasteiger partial charge on any atom is -0.344 e. The number of nitrogens with one attached hydrogen (secondary N) is 2. The highest BCUT2D eigenvalue weighted by Gasteiger charge is 2.16. The van der Waals surface area contributed by atoms with Gasteiger partial charge >= 0.3 is 0 Å². The van der Waals surface area contributed by atoms with Gasteiger partial charge in [-0.05, 0) is 25.5 Å². The number of carbonyl (C=O) groups is 1. The van der Waals surface area contributed by atoms with Crippen molar-refractivity contribution in [3.05, 3.63) is 41.5 Å². The van der Waals surface area contributed by atoms with Crippen molar-refractivity contribution in [1.29, 1.82) is 0 Å². The summed E-state index contributed by atoms with van der Waals surface area (Å²) < 4.78 is 0. The van der Waals surface area contributed by atoms with Gasteiger partial charge in [-0.2, -0.15) is 15.4 Å². The number of aromatic nitrogens is 4. The number of amides is 1. The lowest BCUT2D eigenvalue weighted by molar-refractivity contribution is 0.0934. The van der Waals surface area contributed by atoms with Crippen molar-refractivity contribution in [3.8, 4) is 0 Å². The Kier molecular flexibility index (Phi) is 3.13. The highest BCUT2D eigenvalue weighted by molar-refractivity contribution is 5.93. The zero-order valence-electron chi connectivity index (χ0n) is 9.64. The highest BCUT2D eigenvalue weighted by Crippen LogP contribution is 2.11. The van der Waals surface area contributed by atoms with Crippen molar-refractivity contribution < 1.29 is 4.79 Å². The van der Waals surface area contributed by atoms with Crippen molar-refractivity contribution in [3.63, 3.8) is 0 Å². The summed E-state index contributed by atoms with van der Waals surface area (Å²) in [6.45, 7) is 3.62. The predicted molar refractivity (Wildman–Crippen MR) is 61.2 cm³/mol. The normalized spacial score (nSPS) is 12.1. The van der Waals surface area contributed by atoms with Crippen LogP contribution in [0.5, 0.6) is 0 Å². The first-order valence-electron chi connectivity index (χ1n) is 5.26. The molecule has 17 heavy (non-hydrogen) atoms. The van der Waals surface area contributed by atoms with E-state index in [4.69, 9.17) is 0 Å². The Balaban J connectivity index is 2.08. The van der Waals surface area contributed by atoms with E-state index in [0.29, 0.717) is 11.4 Å². The van der Waals surface area contributed by atoms with Gasteiger partial charge in [-0.25, -0.2) is 0 Å². The molecule has 2 heterocycles. The van der Waals surface area contributed by atoms with Crippen LogP contribution in [0.4, 0.5) is 0 Å². The van der Waals surface area contributed by atoms with E-state index in [0.717, 1.165) is 5.56 Å². The fourth-order valence-electron chi connectivity index (χ4n) is 1.48. The Bertz CT molecular complexity index is 508. The smallest absolute Gasteiger partial charge is 0.274 e. The van der Waals surface area contributed by atoms with Crippen molar-refractivity contribution in [2.45, 2.75) is 19.9 Å². The molecule has 1 amide bonds. The SMILES string of the molecule is Cc1n[nH]nc1C(=O)N[C@@H](C)c1cccnc1. The fraction of sp³-hybridized carbons (Fsp3) is 0.273. The second-order valence-corrected chi connectivity index (χ2v) is 3.74. The standard InChI is InChI=1S/C11H13N5O/c1-7(9-4-3-5-12-6-9)13-11(17)10-8(2)14-16-15-10/h3-7H,1-2H3,(H,13,17)(H,14,15,16)/t7-/m0/s1. The summed E-state index contributed by atoms with van der Waals surface area (Å²) in [5, 5.41) is 12.9. The number of nitrogens with zero attached hydrogens (tertiary/aromatic N) is 3. The van der Waals surface area contributed by atoms with Gasteiger partial charge in [-0.3, -0.25) is 9.78 Å². The summed E-state index contributed by atoms with van der Waals surface area (Å²) in [5.74, 6) is -0.243. The van der Waals surface area contributed by atoms with Gasteiger partial charge in [0.1, 0.15) is 0 Å². The summed E-state index contributed by atoms with van der Waals surface area (Å²) in [6, 6.07) is 3.62. The van der Waals surface area contributed by atoms with Crippen LogP contribution in [0.25, 0.3) is 0 Å². The molecule has 2 aromatic rings. The zero-order chi connectivity index (χ0) is 12.3. The molecule has 6 nitrogen and oxygen atoms in total. The second-order valence-electron chi connectivity index (χ2n) is 3.74. The van der Waals surface area contributed by atoms with Crippen LogP contribution >= 0.6 is 0 Å². The molecule has 88 valence electrons. The highest BCUT2D eigenvalue weighted by atomic mass is 16.2. The van der Waals surface area contributed by atoms with E-state index in [1.807, 2.05) is 19.1 Å². The van der Waals surface area contributed by atoms with Crippen molar-refractivity contribution in [1.82, 2.24) is 25.7 Å². The van der Waals surface area contributed by atoms with E-state index < -0.39 is 0 Å². The van der Waals surface area contributed by atoms with Gasteiger partial charge in [0.15, 0.2) is 5.69 Å². The molecule has 6 heteroatoms. The minimum absolute atomic E-state index is 0.118. The van der Waals surface area contributed by atoms with Crippen LogP contribution in [0.1, 0.15) is 34.7 Å². The average molecular weight is 231 g/mol. The van der Waals surface area contributed by atoms with Crippen LogP contribution in [-0.4, -0.2) is 26.3 Å². The quantitative estimate of drug-likeness (QED) is 0.825. The molecule has 0 saturated carbocycles. The van der Waals surface area contributed by atoms with Crippen LogP contribution < -0.4 is 5.32 Å². The molecule has 2 aromatic heterocycles. The van der Waals surface area contributed by atoms with Gasteiger partial charge in [-0.15, -0.1) is 0 Å². The first-order chi connectivity index (χ1) is 8.18. The maximum absolute atomic E-state index is 11.9. The molecule has 0 radical (unpaired) electrons. The number of pyridine rings is 1. The number of H-pyrrole nitrogens is 1. The molecule has 0 aliphatic rings. The summed E-state index contributed by atoms with van der Waals surface area (Å²) in [4.78, 5) is 15.9. The average Bonchev–Trinajstić information content (AvgIpc) is 2.76. The number of aromatic amines is 1. The lowest BCUT2D eigenvalue weighted by Crippen LogP contribution is -2.27. The first-order valence-corrected chi connectivity index (χ1v) is 5.26. The maximum Gasteiger partial charge on any atom is 0.274 e. The summed E-state index contributed by atoms with van der Waals surface area (Å²) >= 11 is 0. The number of hydrogen-bond donors (Lipinski definition) is 2. The molecular weight excluding hydrogens is 218 g/mol. The Labute approximate surface area is 98.5 Å². The second kappa shape index (κ2) is 4.73. The monoisotopic (exact) mass is 231 g/mol. The molecule has 0 saturated heterocycles. The molecule has 0 bridgehead atoms. The van der Waals surface area contributed by atoms with E-state index in [1.54, 1.807) is 19.3 Å². The Morgan fingerprint density at radius 3 is 2.88 bits per heavy atom. The van der Waals surface area contributed by atoms with Gasteiger partial charge in [0, 0.05) is 12.4 Å². The van der Waals surface area contributed by atoms with Crippen LogP contribution in [0.15, 0.2) is 24.5 Å². The number of rotatable bonds is 3. The van der Waals surface area contributed by atoms with Crippen molar-refractivity contribution in [2.75, 3.05) is 0 Å². The molecule has 0 spiro atoms. The van der Waals surface area contributed by atoms with E-state index >= 15 is 0 Å². The summed E-state index contributed by atoms with van der Waals surface area (Å²) in [7, 11) is 0. The van der Waals surface area contributed by atoms with E-state index in [-0.39, 0.29) is 11.9 Å². The van der Waals surface area contributed by atoms with Crippen LogP contribution in [-0.2, 0) is 0 Å². The number of aryl methyl sites for hydroxylation is 1. The van der Waals surface area contributed by atoms with Gasteiger partial charge in [-0.1, -0.05) is 6.07 Å². The molecule has 0 aliphatic carbocycles. The molecule has 0 aromatic carbocycles. The van der Waals surface area contributed by atoms with Gasteiger partial charge in [0.2, 0.25) is 0 Å². The molecule has 2 rings (SSSR count). The number of carbonyl (C=O) groups excluding carboxylic acids is 1. The molecular formula is C11H13N5O. The first kappa shape index (κ1) is 11.3. The molecule has 0 unspecified atom stereocenters. The van der Waals surface area contributed by atoms with Crippen LogP contribution in [0.2, 0.25) is 0 Å². The zero-order valence-corrected chi connectivity index (χ0v) is 9.64. The third-order valence-electron chi connectivity index (χ3n) is 2.47. The molecule has 1 atom stereocenters. The van der Waals surface area contributed by atoms with Crippen LogP contribution in [0, 0.1) is 6.92 Å². The Hall–Kier alpha value is -2.24. The summed E-state index contributed by atoms with van der Waals surface area (Å²) in [5.41, 5.74) is 1.85. The third-order valence-corrected chi connectivity index (χ3v) is 2.47.